The summed E-state index contributed by atoms with van der Waals surface area (Å²) in [4.78, 5) is 16.5. The lowest BCUT2D eigenvalue weighted by Gasteiger charge is -1.93. The number of carbonyl (C=O) groups excluding carboxylic acids is 1. The van der Waals surface area contributed by atoms with Crippen LogP contribution in [0.2, 0.25) is 0 Å². The standard InChI is InChI=1S/C13H12N4O3/c1-20-15-9-10(18)12-13(19)17(8-4-6-14)11-5-2-3-7-16(11)12/h2-3,5,7,9H,4,8H2,1H3/p+1/b15-9+. The molecule has 0 amide bonds. The summed E-state index contributed by atoms with van der Waals surface area (Å²) in [6.45, 7) is 0.296. The quantitative estimate of drug-likeness (QED) is 0.375. The first-order valence-corrected chi connectivity index (χ1v) is 5.90. The number of aromatic hydroxyl groups is 1. The van der Waals surface area contributed by atoms with Crippen molar-refractivity contribution in [2.75, 3.05) is 7.11 Å². The summed E-state index contributed by atoms with van der Waals surface area (Å²) in [5.74, 6) is -0.680. The van der Waals surface area contributed by atoms with Crippen molar-refractivity contribution in [1.29, 1.82) is 5.26 Å². The monoisotopic (exact) mass is 273 g/mol. The number of nitriles is 1. The predicted molar refractivity (Wildman–Crippen MR) is 69.3 cm³/mol. The van der Waals surface area contributed by atoms with E-state index in [0.29, 0.717) is 12.2 Å². The van der Waals surface area contributed by atoms with Gasteiger partial charge in [-0.1, -0.05) is 11.2 Å². The summed E-state index contributed by atoms with van der Waals surface area (Å²) >= 11 is 0. The molecule has 0 fully saturated rings. The van der Waals surface area contributed by atoms with E-state index < -0.39 is 5.78 Å². The first-order valence-electron chi connectivity index (χ1n) is 5.90. The average molecular weight is 273 g/mol. The molecule has 0 saturated carbocycles. The summed E-state index contributed by atoms with van der Waals surface area (Å²) in [5, 5.41) is 22.3. The molecule has 7 heteroatoms. The lowest BCUT2D eigenvalue weighted by molar-refractivity contribution is -0.675. The van der Waals surface area contributed by atoms with Crippen molar-refractivity contribution in [2.45, 2.75) is 13.0 Å². The van der Waals surface area contributed by atoms with Gasteiger partial charge in [0.1, 0.15) is 19.9 Å². The minimum Gasteiger partial charge on any atom is -0.475 e. The van der Waals surface area contributed by atoms with Gasteiger partial charge in [0.25, 0.3) is 17.1 Å². The summed E-state index contributed by atoms with van der Waals surface area (Å²) in [5.41, 5.74) is 0.703. The van der Waals surface area contributed by atoms with E-state index in [-0.39, 0.29) is 18.0 Å². The molecule has 0 aliphatic carbocycles. The van der Waals surface area contributed by atoms with E-state index in [1.807, 2.05) is 6.07 Å². The fourth-order valence-electron chi connectivity index (χ4n) is 1.96. The Hall–Kier alpha value is -2.88. The Bertz CT molecular complexity index is 712. The van der Waals surface area contributed by atoms with Crippen LogP contribution < -0.4 is 4.57 Å². The number of pyridine rings is 1. The Morgan fingerprint density at radius 1 is 1.65 bits per heavy atom. The van der Waals surface area contributed by atoms with Gasteiger partial charge in [-0.25, -0.2) is 0 Å². The van der Waals surface area contributed by atoms with Crippen LogP contribution >= 0.6 is 0 Å². The normalized spacial score (nSPS) is 10.8. The van der Waals surface area contributed by atoms with Crippen LogP contribution in [0, 0.1) is 11.3 Å². The molecule has 0 atom stereocenters. The molecule has 0 aliphatic rings. The minimum absolute atomic E-state index is 0.0827. The van der Waals surface area contributed by atoms with Crippen molar-refractivity contribution >= 4 is 17.6 Å². The lowest BCUT2D eigenvalue weighted by atomic mass is 10.3. The van der Waals surface area contributed by atoms with Crippen LogP contribution in [-0.4, -0.2) is 28.6 Å². The van der Waals surface area contributed by atoms with Crippen molar-refractivity contribution in [3.8, 4) is 11.9 Å². The fourth-order valence-corrected chi connectivity index (χ4v) is 1.96. The van der Waals surface area contributed by atoms with Crippen LogP contribution in [0.5, 0.6) is 5.88 Å². The first kappa shape index (κ1) is 13.5. The molecule has 2 heterocycles. The number of oxime groups is 1. The molecular formula is C13H13N4O3+. The molecule has 1 N–H and O–H groups in total. The Kier molecular flexibility index (Phi) is 3.96. The first-order chi connectivity index (χ1) is 9.70. The maximum atomic E-state index is 12.0. The van der Waals surface area contributed by atoms with Crippen LogP contribution in [0.1, 0.15) is 16.9 Å². The molecule has 0 saturated heterocycles. The number of carbonyl (C=O) groups is 1. The number of fused-ring (bicyclic) bond motifs is 1. The molecule has 0 spiro atoms. The van der Waals surface area contributed by atoms with Gasteiger partial charge in [-0.05, 0) is 6.07 Å². The number of rotatable bonds is 5. The highest BCUT2D eigenvalue weighted by Gasteiger charge is 2.29. The molecule has 0 radical (unpaired) electrons. The SMILES string of the molecule is CO/N=C/C(=O)c1c(O)[n+](CCC#N)c2ccccn12. The molecule has 0 aromatic carbocycles. The largest absolute Gasteiger partial charge is 0.475 e. The second kappa shape index (κ2) is 5.84. The van der Waals surface area contributed by atoms with Crippen LogP contribution in [0.15, 0.2) is 29.6 Å². The Morgan fingerprint density at radius 3 is 3.15 bits per heavy atom. The zero-order chi connectivity index (χ0) is 14.5. The van der Waals surface area contributed by atoms with Crippen molar-refractivity contribution in [3.63, 3.8) is 0 Å². The number of hydrogen-bond acceptors (Lipinski definition) is 5. The zero-order valence-electron chi connectivity index (χ0n) is 10.9. The van der Waals surface area contributed by atoms with Crippen molar-refractivity contribution in [2.24, 2.45) is 5.16 Å². The fraction of sp³-hybridized carbons (Fsp3) is 0.231. The molecule has 2 aromatic heterocycles. The highest BCUT2D eigenvalue weighted by molar-refractivity contribution is 6.35. The topological polar surface area (TPSA) is 91.0 Å². The lowest BCUT2D eigenvalue weighted by Crippen LogP contribution is -2.32. The van der Waals surface area contributed by atoms with Crippen LogP contribution in [0.3, 0.4) is 0 Å². The summed E-state index contributed by atoms with van der Waals surface area (Å²) in [7, 11) is 1.33. The third-order valence-corrected chi connectivity index (χ3v) is 2.78. The van der Waals surface area contributed by atoms with Gasteiger partial charge in [0, 0.05) is 6.07 Å². The number of Topliss-reactive ketones (excluding diaryl/α,β-unsaturated/α-hetero) is 1. The van der Waals surface area contributed by atoms with E-state index in [0.717, 1.165) is 6.21 Å². The van der Waals surface area contributed by atoms with Crippen LogP contribution in [-0.2, 0) is 11.4 Å². The van der Waals surface area contributed by atoms with Crippen molar-refractivity contribution < 1.29 is 19.3 Å². The van der Waals surface area contributed by atoms with Crippen LogP contribution in [0.4, 0.5) is 0 Å². The molecule has 2 rings (SSSR count). The van der Waals surface area contributed by atoms with Gasteiger partial charge in [-0.3, -0.25) is 4.79 Å². The number of imidazole rings is 1. The van der Waals surface area contributed by atoms with E-state index in [1.165, 1.54) is 11.7 Å². The predicted octanol–water partition coefficient (Wildman–Crippen LogP) is 0.661. The van der Waals surface area contributed by atoms with E-state index in [9.17, 15) is 9.90 Å². The second-order valence-electron chi connectivity index (χ2n) is 3.94. The van der Waals surface area contributed by atoms with Gasteiger partial charge in [0.15, 0.2) is 0 Å². The summed E-state index contributed by atoms with van der Waals surface area (Å²) in [6.07, 6.45) is 2.88. The second-order valence-corrected chi connectivity index (χ2v) is 3.94. The Balaban J connectivity index is 2.60. The van der Waals surface area contributed by atoms with Gasteiger partial charge in [0.2, 0.25) is 0 Å². The van der Waals surface area contributed by atoms with E-state index >= 15 is 0 Å². The Labute approximate surface area is 114 Å². The van der Waals surface area contributed by atoms with Crippen LogP contribution in [0.25, 0.3) is 5.65 Å². The smallest absolute Gasteiger partial charge is 0.335 e. The van der Waals surface area contributed by atoms with Gasteiger partial charge < -0.3 is 9.94 Å². The summed E-state index contributed by atoms with van der Waals surface area (Å²) < 4.78 is 3.06. The molecule has 20 heavy (non-hydrogen) atoms. The van der Waals surface area contributed by atoms with Crippen molar-refractivity contribution in [1.82, 2.24) is 4.40 Å². The van der Waals surface area contributed by atoms with E-state index in [1.54, 1.807) is 28.8 Å². The summed E-state index contributed by atoms with van der Waals surface area (Å²) in [6, 6.07) is 7.29. The maximum Gasteiger partial charge on any atom is 0.335 e. The number of aromatic nitrogens is 2. The molecule has 2 aromatic rings. The third kappa shape index (κ3) is 2.31. The molecule has 0 unspecified atom stereocenters. The number of ketones is 1. The van der Waals surface area contributed by atoms with E-state index in [2.05, 4.69) is 9.99 Å². The minimum atomic E-state index is -0.485. The number of hydrogen-bond donors (Lipinski definition) is 1. The van der Waals surface area contributed by atoms with Gasteiger partial charge in [0.05, 0.1) is 18.7 Å². The van der Waals surface area contributed by atoms with Crippen molar-refractivity contribution in [3.05, 3.63) is 30.1 Å². The molecule has 102 valence electrons. The maximum absolute atomic E-state index is 12.0. The van der Waals surface area contributed by atoms with E-state index in [4.69, 9.17) is 5.26 Å². The number of nitrogens with zero attached hydrogens (tertiary/aromatic N) is 4. The molecule has 7 nitrogen and oxygen atoms in total. The highest BCUT2D eigenvalue weighted by atomic mass is 16.6. The van der Waals surface area contributed by atoms with Gasteiger partial charge in [-0.15, -0.1) is 0 Å². The Morgan fingerprint density at radius 2 is 2.45 bits per heavy atom. The average Bonchev–Trinajstić information content (AvgIpc) is 2.74. The molecule has 0 bridgehead atoms. The third-order valence-electron chi connectivity index (χ3n) is 2.78. The molecular weight excluding hydrogens is 260 g/mol. The highest BCUT2D eigenvalue weighted by Crippen LogP contribution is 2.17. The number of aryl methyl sites for hydroxylation is 1. The van der Waals surface area contributed by atoms with Gasteiger partial charge in [-0.2, -0.15) is 14.2 Å². The zero-order valence-corrected chi connectivity index (χ0v) is 10.9. The molecule has 0 aliphatic heterocycles. The van der Waals surface area contributed by atoms with Gasteiger partial charge >= 0.3 is 5.88 Å².